The predicted molar refractivity (Wildman–Crippen MR) is 89.5 cm³/mol. The monoisotopic (exact) mass is 334 g/mol. The van der Waals surface area contributed by atoms with Crippen molar-refractivity contribution in [1.29, 1.82) is 0 Å². The highest BCUT2D eigenvalue weighted by atomic mass is 35.5. The Labute approximate surface area is 138 Å². The second kappa shape index (κ2) is 6.18. The first-order valence-electron chi connectivity index (χ1n) is 6.95. The molecule has 2 aliphatic heterocycles. The number of hydrogen-bond acceptors (Lipinski definition) is 5. The number of thioether (sulfide) groups is 1. The van der Waals surface area contributed by atoms with Crippen molar-refractivity contribution >= 4 is 34.5 Å². The van der Waals surface area contributed by atoms with Crippen LogP contribution in [0.1, 0.15) is 25.5 Å². The second-order valence-corrected chi connectivity index (χ2v) is 6.19. The molecule has 0 aliphatic carbocycles. The van der Waals surface area contributed by atoms with Gasteiger partial charge in [0, 0.05) is 11.2 Å². The first-order chi connectivity index (χ1) is 10.6. The zero-order valence-electron chi connectivity index (χ0n) is 12.2. The van der Waals surface area contributed by atoms with Gasteiger partial charge in [0.1, 0.15) is 0 Å². The molecule has 6 heteroatoms. The zero-order chi connectivity index (χ0) is 15.7. The van der Waals surface area contributed by atoms with Crippen molar-refractivity contribution in [2.45, 2.75) is 19.9 Å². The Morgan fingerprint density at radius 3 is 2.82 bits per heavy atom. The lowest BCUT2D eigenvalue weighted by Gasteiger charge is -2.33. The van der Waals surface area contributed by atoms with Crippen LogP contribution in [0.5, 0.6) is 0 Å². The molecule has 0 N–H and O–H groups in total. The van der Waals surface area contributed by atoms with Crippen LogP contribution in [0.25, 0.3) is 0 Å². The Morgan fingerprint density at radius 2 is 2.14 bits per heavy atom. The van der Waals surface area contributed by atoms with Crippen molar-refractivity contribution < 1.29 is 9.53 Å². The van der Waals surface area contributed by atoms with Gasteiger partial charge in [0.2, 0.25) is 0 Å². The number of aliphatic imine (C=N–C) groups is 1. The fourth-order valence-electron chi connectivity index (χ4n) is 2.54. The van der Waals surface area contributed by atoms with E-state index in [9.17, 15) is 4.79 Å². The van der Waals surface area contributed by atoms with Crippen LogP contribution < -0.4 is 0 Å². The Hall–Kier alpha value is -1.72. The molecular formula is C16H15ClN2O2S. The summed E-state index contributed by atoms with van der Waals surface area (Å²) in [5, 5.41) is 3.49. The molecule has 0 spiro atoms. The number of ether oxygens (including phenoxy) is 1. The number of benzene rings is 1. The molecule has 0 fully saturated rings. The molecule has 0 saturated heterocycles. The van der Waals surface area contributed by atoms with E-state index in [-0.39, 0.29) is 12.0 Å². The van der Waals surface area contributed by atoms with Gasteiger partial charge in [0.25, 0.3) is 0 Å². The highest BCUT2D eigenvalue weighted by Gasteiger charge is 2.37. The number of allylic oxidation sites excluding steroid dienone is 1. The van der Waals surface area contributed by atoms with Crippen LogP contribution in [0.3, 0.4) is 0 Å². The van der Waals surface area contributed by atoms with Crippen molar-refractivity contribution in [2.75, 3.05) is 6.61 Å². The number of hydrogen-bond donors (Lipinski definition) is 0. The number of carbonyl (C=O) groups excluding carboxylic acids is 1. The Bertz CT molecular complexity index is 695. The molecule has 2 heterocycles. The lowest BCUT2D eigenvalue weighted by atomic mass is 9.95. The summed E-state index contributed by atoms with van der Waals surface area (Å²) < 4.78 is 5.23. The SMILES string of the molecule is CCOC(=O)C1=C(C)N=C2SC=CN2[C@H]1c1ccc(Cl)cc1. The van der Waals surface area contributed by atoms with Crippen LogP contribution in [0.4, 0.5) is 0 Å². The molecule has 1 aromatic carbocycles. The van der Waals surface area contributed by atoms with Gasteiger partial charge in [0.15, 0.2) is 5.17 Å². The minimum atomic E-state index is -0.326. The third-order valence-corrected chi connectivity index (χ3v) is 4.52. The van der Waals surface area contributed by atoms with E-state index in [1.807, 2.05) is 47.7 Å². The summed E-state index contributed by atoms with van der Waals surface area (Å²) in [7, 11) is 0. The number of fused-ring (bicyclic) bond motifs is 1. The molecule has 2 aliphatic rings. The number of nitrogens with zero attached hydrogens (tertiary/aromatic N) is 2. The van der Waals surface area contributed by atoms with Crippen molar-refractivity contribution in [1.82, 2.24) is 4.90 Å². The summed E-state index contributed by atoms with van der Waals surface area (Å²) in [6.45, 7) is 3.98. The van der Waals surface area contributed by atoms with Gasteiger partial charge in [0.05, 0.1) is 23.9 Å². The fourth-order valence-corrected chi connectivity index (χ4v) is 3.46. The highest BCUT2D eigenvalue weighted by Crippen LogP contribution is 2.41. The number of amidine groups is 1. The van der Waals surface area contributed by atoms with E-state index in [0.717, 1.165) is 10.7 Å². The lowest BCUT2D eigenvalue weighted by Crippen LogP contribution is -2.34. The van der Waals surface area contributed by atoms with E-state index in [4.69, 9.17) is 16.3 Å². The quantitative estimate of drug-likeness (QED) is 0.780. The summed E-state index contributed by atoms with van der Waals surface area (Å²) in [5.41, 5.74) is 2.24. The first-order valence-corrected chi connectivity index (χ1v) is 8.21. The third-order valence-electron chi connectivity index (χ3n) is 3.50. The van der Waals surface area contributed by atoms with Crippen molar-refractivity contribution in [3.63, 3.8) is 0 Å². The molecule has 22 heavy (non-hydrogen) atoms. The summed E-state index contributed by atoms with van der Waals surface area (Å²) in [6, 6.07) is 7.27. The van der Waals surface area contributed by atoms with E-state index in [1.54, 1.807) is 18.7 Å². The summed E-state index contributed by atoms with van der Waals surface area (Å²) in [5.74, 6) is -0.326. The molecule has 1 atom stereocenters. The average molecular weight is 335 g/mol. The largest absolute Gasteiger partial charge is 0.463 e. The Balaban J connectivity index is 2.09. The maximum Gasteiger partial charge on any atom is 0.338 e. The van der Waals surface area contributed by atoms with Gasteiger partial charge in [-0.2, -0.15) is 0 Å². The van der Waals surface area contributed by atoms with E-state index >= 15 is 0 Å². The Kier molecular flexibility index (Phi) is 4.27. The molecule has 0 amide bonds. The van der Waals surface area contributed by atoms with Gasteiger partial charge in [-0.1, -0.05) is 35.5 Å². The molecule has 114 valence electrons. The van der Waals surface area contributed by atoms with E-state index < -0.39 is 0 Å². The van der Waals surface area contributed by atoms with Crippen LogP contribution >= 0.6 is 23.4 Å². The Morgan fingerprint density at radius 1 is 1.41 bits per heavy atom. The van der Waals surface area contributed by atoms with Gasteiger partial charge in [-0.25, -0.2) is 9.79 Å². The molecule has 3 rings (SSSR count). The van der Waals surface area contributed by atoms with E-state index in [2.05, 4.69) is 4.99 Å². The first kappa shape index (κ1) is 15.2. The smallest absolute Gasteiger partial charge is 0.338 e. The number of rotatable bonds is 3. The zero-order valence-corrected chi connectivity index (χ0v) is 13.8. The highest BCUT2D eigenvalue weighted by molar-refractivity contribution is 8.16. The molecular weight excluding hydrogens is 320 g/mol. The van der Waals surface area contributed by atoms with Crippen LogP contribution in [-0.2, 0) is 9.53 Å². The third kappa shape index (κ3) is 2.66. The van der Waals surface area contributed by atoms with Crippen LogP contribution in [0.2, 0.25) is 5.02 Å². The minimum absolute atomic E-state index is 0.241. The topological polar surface area (TPSA) is 41.9 Å². The second-order valence-electron chi connectivity index (χ2n) is 4.88. The summed E-state index contributed by atoms with van der Waals surface area (Å²) in [4.78, 5) is 18.9. The van der Waals surface area contributed by atoms with Crippen molar-refractivity contribution in [3.8, 4) is 0 Å². The molecule has 0 aromatic heterocycles. The van der Waals surface area contributed by atoms with Crippen LogP contribution in [0.15, 0.2) is 52.1 Å². The molecule has 0 unspecified atom stereocenters. The molecule has 0 radical (unpaired) electrons. The average Bonchev–Trinajstić information content (AvgIpc) is 2.94. The van der Waals surface area contributed by atoms with Crippen molar-refractivity contribution in [2.24, 2.45) is 4.99 Å². The number of esters is 1. The van der Waals surface area contributed by atoms with E-state index in [1.165, 1.54) is 0 Å². The molecule has 4 nitrogen and oxygen atoms in total. The minimum Gasteiger partial charge on any atom is -0.463 e. The molecule has 0 bridgehead atoms. The van der Waals surface area contributed by atoms with Gasteiger partial charge < -0.3 is 9.64 Å². The fraction of sp³-hybridized carbons (Fsp3) is 0.250. The molecule has 0 saturated carbocycles. The number of carbonyl (C=O) groups is 1. The van der Waals surface area contributed by atoms with Crippen molar-refractivity contribution in [3.05, 3.63) is 57.7 Å². The van der Waals surface area contributed by atoms with Gasteiger partial charge >= 0.3 is 5.97 Å². The van der Waals surface area contributed by atoms with Gasteiger partial charge in [-0.05, 0) is 37.0 Å². The normalized spacial score (nSPS) is 20.0. The maximum absolute atomic E-state index is 12.4. The summed E-state index contributed by atoms with van der Waals surface area (Å²) >= 11 is 7.52. The molecule has 1 aromatic rings. The summed E-state index contributed by atoms with van der Waals surface area (Å²) in [6.07, 6.45) is 1.94. The maximum atomic E-state index is 12.4. The number of halogens is 1. The van der Waals surface area contributed by atoms with Gasteiger partial charge in [-0.15, -0.1) is 0 Å². The standard InChI is InChI=1S/C16H15ClN2O2S/c1-3-21-15(20)13-10(2)18-16-19(8-9-22-16)14(13)11-4-6-12(17)7-5-11/h4-9,14H,3H2,1-2H3/t14-/m0/s1. The van der Waals surface area contributed by atoms with E-state index in [0.29, 0.717) is 22.9 Å². The lowest BCUT2D eigenvalue weighted by molar-refractivity contribution is -0.139. The predicted octanol–water partition coefficient (Wildman–Crippen LogP) is 4.11. The van der Waals surface area contributed by atoms with Gasteiger partial charge in [-0.3, -0.25) is 0 Å². The van der Waals surface area contributed by atoms with Crippen LogP contribution in [0, 0.1) is 0 Å². The van der Waals surface area contributed by atoms with Crippen LogP contribution in [-0.4, -0.2) is 22.6 Å².